The number of nitrogens with one attached hydrogen (secondary N) is 1. The van der Waals surface area contributed by atoms with Gasteiger partial charge in [-0.1, -0.05) is 33.6 Å². The molecule has 1 atom stereocenters. The Labute approximate surface area is 98.0 Å². The normalized spacial score (nSPS) is 18.2. The predicted molar refractivity (Wildman–Crippen MR) is 63.7 cm³/mol. The van der Waals surface area contributed by atoms with Gasteiger partial charge in [0.1, 0.15) is 0 Å². The Morgan fingerprint density at radius 1 is 1.50 bits per heavy atom. The Bertz CT molecular complexity index is 336. The fourth-order valence-electron chi connectivity index (χ4n) is 1.83. The molecule has 0 heterocycles. The molecule has 1 aliphatic carbocycles. The van der Waals surface area contributed by atoms with Crippen molar-refractivity contribution in [2.75, 3.05) is 7.05 Å². The third-order valence-corrected chi connectivity index (χ3v) is 3.62. The van der Waals surface area contributed by atoms with E-state index < -0.39 is 0 Å². The van der Waals surface area contributed by atoms with Gasteiger partial charge in [-0.2, -0.15) is 0 Å². The van der Waals surface area contributed by atoms with Crippen molar-refractivity contribution in [1.29, 1.82) is 0 Å². The Hall–Kier alpha value is -0.0500. The van der Waals surface area contributed by atoms with Crippen LogP contribution in [-0.2, 0) is 0 Å². The van der Waals surface area contributed by atoms with Crippen LogP contribution in [0.4, 0.5) is 0 Å². The van der Waals surface area contributed by atoms with Crippen LogP contribution in [0.3, 0.4) is 0 Å². The van der Waals surface area contributed by atoms with Gasteiger partial charge in [0.25, 0.3) is 0 Å². The maximum Gasteiger partial charge on any atom is 0.0417 e. The molecule has 1 N–H and O–H groups in total. The molecule has 0 saturated heterocycles. The van der Waals surface area contributed by atoms with Crippen LogP contribution in [0.1, 0.15) is 24.4 Å². The zero-order chi connectivity index (χ0) is 10.1. The fourth-order valence-corrected chi connectivity index (χ4v) is 2.76. The summed E-state index contributed by atoms with van der Waals surface area (Å²) >= 11 is 9.47. The molecule has 0 amide bonds. The van der Waals surface area contributed by atoms with Gasteiger partial charge in [0, 0.05) is 15.5 Å². The molecule has 1 fully saturated rings. The van der Waals surface area contributed by atoms with Crippen molar-refractivity contribution in [3.63, 3.8) is 0 Å². The predicted octanol–water partition coefficient (Wildman–Crippen LogP) is 3.77. The fraction of sp³-hybridized carbons (Fsp3) is 0.455. The smallest absolute Gasteiger partial charge is 0.0417 e. The van der Waals surface area contributed by atoms with Crippen molar-refractivity contribution in [2.24, 2.45) is 5.92 Å². The van der Waals surface area contributed by atoms with Gasteiger partial charge in [-0.15, -0.1) is 0 Å². The highest BCUT2D eigenvalue weighted by Gasteiger charge is 2.32. The summed E-state index contributed by atoms with van der Waals surface area (Å²) in [7, 11) is 2.02. The topological polar surface area (TPSA) is 12.0 Å². The van der Waals surface area contributed by atoms with Crippen LogP contribution in [0.5, 0.6) is 0 Å². The third kappa shape index (κ3) is 2.13. The van der Waals surface area contributed by atoms with E-state index in [1.807, 2.05) is 19.2 Å². The summed E-state index contributed by atoms with van der Waals surface area (Å²) in [6.45, 7) is 0. The average Bonchev–Trinajstić information content (AvgIpc) is 2.93. The maximum absolute atomic E-state index is 5.91. The van der Waals surface area contributed by atoms with Crippen molar-refractivity contribution < 1.29 is 0 Å². The van der Waals surface area contributed by atoms with E-state index in [2.05, 4.69) is 27.3 Å². The van der Waals surface area contributed by atoms with Gasteiger partial charge in [0.05, 0.1) is 0 Å². The first-order valence-corrected chi connectivity index (χ1v) is 6.01. The molecular weight excluding hydrogens is 261 g/mol. The molecule has 1 saturated carbocycles. The summed E-state index contributed by atoms with van der Waals surface area (Å²) in [5, 5.41) is 4.15. The number of halogens is 2. The van der Waals surface area contributed by atoms with E-state index in [9.17, 15) is 0 Å². The Morgan fingerprint density at radius 3 is 2.71 bits per heavy atom. The molecule has 76 valence electrons. The van der Waals surface area contributed by atoms with Gasteiger partial charge < -0.3 is 5.32 Å². The highest BCUT2D eigenvalue weighted by molar-refractivity contribution is 9.10. The average molecular weight is 275 g/mol. The van der Waals surface area contributed by atoms with Crippen molar-refractivity contribution >= 4 is 27.5 Å². The van der Waals surface area contributed by atoms with Crippen molar-refractivity contribution in [1.82, 2.24) is 5.32 Å². The highest BCUT2D eigenvalue weighted by Crippen LogP contribution is 2.43. The molecule has 1 unspecified atom stereocenters. The lowest BCUT2D eigenvalue weighted by Crippen LogP contribution is -2.18. The van der Waals surface area contributed by atoms with Crippen LogP contribution in [0.15, 0.2) is 22.7 Å². The Kier molecular flexibility index (Phi) is 3.15. The third-order valence-electron chi connectivity index (χ3n) is 2.70. The molecule has 0 bridgehead atoms. The van der Waals surface area contributed by atoms with Gasteiger partial charge in [-0.3, -0.25) is 0 Å². The second-order valence-corrected chi connectivity index (χ2v) is 5.06. The van der Waals surface area contributed by atoms with Crippen LogP contribution in [0.2, 0.25) is 5.02 Å². The quantitative estimate of drug-likeness (QED) is 0.885. The zero-order valence-electron chi connectivity index (χ0n) is 8.06. The number of rotatable bonds is 3. The van der Waals surface area contributed by atoms with E-state index in [0.717, 1.165) is 15.4 Å². The van der Waals surface area contributed by atoms with Crippen molar-refractivity contribution in [2.45, 2.75) is 18.9 Å². The first-order valence-electron chi connectivity index (χ1n) is 4.84. The summed E-state index contributed by atoms with van der Waals surface area (Å²) in [5.41, 5.74) is 1.32. The molecule has 0 aliphatic heterocycles. The van der Waals surface area contributed by atoms with Crippen LogP contribution in [0.25, 0.3) is 0 Å². The highest BCUT2D eigenvalue weighted by atomic mass is 79.9. The summed E-state index contributed by atoms with van der Waals surface area (Å²) in [6, 6.07) is 6.49. The van der Waals surface area contributed by atoms with Crippen LogP contribution >= 0.6 is 27.5 Å². The van der Waals surface area contributed by atoms with E-state index >= 15 is 0 Å². The van der Waals surface area contributed by atoms with Crippen LogP contribution in [-0.4, -0.2) is 7.05 Å². The van der Waals surface area contributed by atoms with Gasteiger partial charge in [-0.05, 0) is 43.5 Å². The second-order valence-electron chi connectivity index (χ2n) is 3.77. The largest absolute Gasteiger partial charge is 0.313 e. The SMILES string of the molecule is CNC(c1ccc(Cl)cc1Br)C1CC1. The first kappa shape index (κ1) is 10.5. The molecule has 1 aliphatic rings. The summed E-state index contributed by atoms with van der Waals surface area (Å²) in [5.74, 6) is 0.803. The van der Waals surface area contributed by atoms with Crippen LogP contribution < -0.4 is 5.32 Å². The summed E-state index contributed by atoms with van der Waals surface area (Å²) in [4.78, 5) is 0. The lowest BCUT2D eigenvalue weighted by molar-refractivity contribution is 0.527. The molecule has 1 aromatic carbocycles. The number of benzene rings is 1. The monoisotopic (exact) mass is 273 g/mol. The van der Waals surface area contributed by atoms with Crippen LogP contribution in [0, 0.1) is 5.92 Å². The van der Waals surface area contributed by atoms with E-state index in [0.29, 0.717) is 6.04 Å². The summed E-state index contributed by atoms with van der Waals surface area (Å²) < 4.78 is 1.11. The molecular formula is C11H13BrClN. The Morgan fingerprint density at radius 2 is 2.21 bits per heavy atom. The molecule has 1 aromatic rings. The molecule has 0 spiro atoms. The molecule has 2 rings (SSSR count). The minimum atomic E-state index is 0.474. The number of hydrogen-bond acceptors (Lipinski definition) is 1. The van der Waals surface area contributed by atoms with E-state index in [1.165, 1.54) is 18.4 Å². The first-order chi connectivity index (χ1) is 6.72. The minimum Gasteiger partial charge on any atom is -0.313 e. The molecule has 1 nitrogen and oxygen atoms in total. The van der Waals surface area contributed by atoms with E-state index in [4.69, 9.17) is 11.6 Å². The van der Waals surface area contributed by atoms with Gasteiger partial charge in [0.2, 0.25) is 0 Å². The Balaban J connectivity index is 2.29. The number of hydrogen-bond donors (Lipinski definition) is 1. The van der Waals surface area contributed by atoms with Crippen molar-refractivity contribution in [3.05, 3.63) is 33.3 Å². The lowest BCUT2D eigenvalue weighted by Gasteiger charge is -2.17. The van der Waals surface area contributed by atoms with E-state index in [1.54, 1.807) is 0 Å². The minimum absolute atomic E-state index is 0.474. The second kappa shape index (κ2) is 4.21. The zero-order valence-corrected chi connectivity index (χ0v) is 10.4. The lowest BCUT2D eigenvalue weighted by atomic mass is 10.0. The van der Waals surface area contributed by atoms with Gasteiger partial charge in [0.15, 0.2) is 0 Å². The van der Waals surface area contributed by atoms with Gasteiger partial charge >= 0.3 is 0 Å². The van der Waals surface area contributed by atoms with Gasteiger partial charge in [-0.25, -0.2) is 0 Å². The van der Waals surface area contributed by atoms with E-state index in [-0.39, 0.29) is 0 Å². The molecule has 3 heteroatoms. The molecule has 0 radical (unpaired) electrons. The van der Waals surface area contributed by atoms with Crippen molar-refractivity contribution in [3.8, 4) is 0 Å². The molecule has 0 aromatic heterocycles. The molecule has 14 heavy (non-hydrogen) atoms. The standard InChI is InChI=1S/C11H13BrClN/c1-14-11(7-2-3-7)9-5-4-8(13)6-10(9)12/h4-7,11,14H,2-3H2,1H3. The maximum atomic E-state index is 5.91. The summed E-state index contributed by atoms with van der Waals surface area (Å²) in [6.07, 6.45) is 2.67.